The summed E-state index contributed by atoms with van der Waals surface area (Å²) in [4.78, 5) is 11.3. The number of halogens is 1. The van der Waals surface area contributed by atoms with Gasteiger partial charge in [0.2, 0.25) is 0 Å². The predicted molar refractivity (Wildman–Crippen MR) is 93.6 cm³/mol. The van der Waals surface area contributed by atoms with Gasteiger partial charge in [-0.05, 0) is 55.6 Å². The number of benzene rings is 2. The molecule has 0 aromatic heterocycles. The smallest absolute Gasteiger partial charge is 0.166 e. The minimum absolute atomic E-state index is 0.0803. The molecule has 25 heavy (non-hydrogen) atoms. The first-order valence-corrected chi connectivity index (χ1v) is 8.54. The summed E-state index contributed by atoms with van der Waals surface area (Å²) in [6.07, 6.45) is 3.86. The molecule has 1 aliphatic rings. The fraction of sp³-hybridized carbons (Fsp3) is 0.350. The molecule has 1 fully saturated rings. The molecule has 4 nitrogen and oxygen atoms in total. The Labute approximate surface area is 146 Å². The summed E-state index contributed by atoms with van der Waals surface area (Å²) >= 11 is 0. The van der Waals surface area contributed by atoms with Crippen molar-refractivity contribution in [3.63, 3.8) is 0 Å². The minimum atomic E-state index is -0.461. The van der Waals surface area contributed by atoms with E-state index in [4.69, 9.17) is 4.74 Å². The van der Waals surface area contributed by atoms with E-state index in [0.717, 1.165) is 18.0 Å². The number of phenols is 1. The molecule has 132 valence electrons. The SMILES string of the molecule is CC(=O)c1ccc(Oc2ccc(CNCCC3CC3)cc2F)cc1O. The maximum Gasteiger partial charge on any atom is 0.166 e. The Morgan fingerprint density at radius 1 is 1.28 bits per heavy atom. The van der Waals surface area contributed by atoms with Gasteiger partial charge in [-0.25, -0.2) is 4.39 Å². The third-order valence-corrected chi connectivity index (χ3v) is 4.33. The molecular formula is C20H22FNO3. The van der Waals surface area contributed by atoms with Crippen LogP contribution in [0.15, 0.2) is 36.4 Å². The van der Waals surface area contributed by atoms with E-state index in [0.29, 0.717) is 6.54 Å². The molecule has 0 atom stereocenters. The highest BCUT2D eigenvalue weighted by Gasteiger charge is 2.20. The molecule has 2 aromatic carbocycles. The lowest BCUT2D eigenvalue weighted by Gasteiger charge is -2.10. The molecule has 1 aliphatic carbocycles. The highest BCUT2D eigenvalue weighted by Crippen LogP contribution is 2.32. The number of ether oxygens (including phenoxy) is 1. The minimum Gasteiger partial charge on any atom is -0.507 e. The number of carbonyl (C=O) groups excluding carboxylic acids is 1. The van der Waals surface area contributed by atoms with Crippen LogP contribution in [0.4, 0.5) is 4.39 Å². The van der Waals surface area contributed by atoms with E-state index >= 15 is 0 Å². The topological polar surface area (TPSA) is 58.6 Å². The molecular weight excluding hydrogens is 321 g/mol. The number of rotatable bonds is 8. The van der Waals surface area contributed by atoms with Gasteiger partial charge in [0.1, 0.15) is 11.5 Å². The van der Waals surface area contributed by atoms with Crippen molar-refractivity contribution >= 4 is 5.78 Å². The number of phenolic OH excluding ortho intramolecular Hbond substituents is 1. The summed E-state index contributed by atoms with van der Waals surface area (Å²) in [5, 5.41) is 13.1. The molecule has 0 spiro atoms. The summed E-state index contributed by atoms with van der Waals surface area (Å²) < 4.78 is 19.7. The Morgan fingerprint density at radius 2 is 2.08 bits per heavy atom. The van der Waals surface area contributed by atoms with Crippen LogP contribution in [0.25, 0.3) is 0 Å². The van der Waals surface area contributed by atoms with Crippen LogP contribution in [0.3, 0.4) is 0 Å². The Morgan fingerprint density at radius 3 is 2.72 bits per heavy atom. The van der Waals surface area contributed by atoms with Gasteiger partial charge in [0, 0.05) is 12.6 Å². The number of hydrogen-bond acceptors (Lipinski definition) is 4. The van der Waals surface area contributed by atoms with Crippen molar-refractivity contribution < 1.29 is 19.0 Å². The lowest BCUT2D eigenvalue weighted by atomic mass is 10.1. The average Bonchev–Trinajstić information content (AvgIpc) is 3.38. The molecule has 1 saturated carbocycles. The quantitative estimate of drug-likeness (QED) is 0.550. The molecule has 2 N–H and O–H groups in total. The molecule has 0 bridgehead atoms. The maximum atomic E-state index is 14.2. The molecule has 0 radical (unpaired) electrons. The molecule has 0 heterocycles. The second-order valence-electron chi connectivity index (χ2n) is 6.51. The molecule has 2 aromatic rings. The largest absolute Gasteiger partial charge is 0.507 e. The van der Waals surface area contributed by atoms with Crippen LogP contribution in [-0.2, 0) is 6.54 Å². The maximum absolute atomic E-state index is 14.2. The monoisotopic (exact) mass is 343 g/mol. The van der Waals surface area contributed by atoms with Crippen molar-refractivity contribution in [3.8, 4) is 17.2 Å². The lowest BCUT2D eigenvalue weighted by molar-refractivity contribution is 0.101. The molecule has 0 amide bonds. The van der Waals surface area contributed by atoms with Gasteiger partial charge in [0.25, 0.3) is 0 Å². The average molecular weight is 343 g/mol. The number of hydrogen-bond donors (Lipinski definition) is 2. The summed E-state index contributed by atoms with van der Waals surface area (Å²) in [6.45, 7) is 2.94. The van der Waals surface area contributed by atoms with Crippen molar-refractivity contribution in [2.24, 2.45) is 5.92 Å². The van der Waals surface area contributed by atoms with Crippen LogP contribution in [0.2, 0.25) is 0 Å². The van der Waals surface area contributed by atoms with E-state index in [1.54, 1.807) is 6.07 Å². The zero-order chi connectivity index (χ0) is 17.8. The Hall–Kier alpha value is -2.40. The summed E-state index contributed by atoms with van der Waals surface area (Å²) in [7, 11) is 0. The fourth-order valence-corrected chi connectivity index (χ4v) is 2.68. The van der Waals surface area contributed by atoms with Gasteiger partial charge in [-0.3, -0.25) is 4.79 Å². The molecule has 3 rings (SSSR count). The van der Waals surface area contributed by atoms with E-state index in [-0.39, 0.29) is 28.6 Å². The van der Waals surface area contributed by atoms with Gasteiger partial charge < -0.3 is 15.2 Å². The van der Waals surface area contributed by atoms with Crippen LogP contribution in [0.1, 0.15) is 42.1 Å². The van der Waals surface area contributed by atoms with Crippen LogP contribution >= 0.6 is 0 Å². The third kappa shape index (κ3) is 4.79. The second kappa shape index (κ2) is 7.66. The van der Waals surface area contributed by atoms with Crippen molar-refractivity contribution in [1.29, 1.82) is 0 Å². The highest BCUT2D eigenvalue weighted by molar-refractivity contribution is 5.96. The van der Waals surface area contributed by atoms with E-state index in [1.165, 1.54) is 50.5 Å². The van der Waals surface area contributed by atoms with E-state index in [2.05, 4.69) is 5.32 Å². The summed E-state index contributed by atoms with van der Waals surface area (Å²) in [5.41, 5.74) is 1.07. The molecule has 0 saturated heterocycles. The van der Waals surface area contributed by atoms with Gasteiger partial charge >= 0.3 is 0 Å². The summed E-state index contributed by atoms with van der Waals surface area (Å²) in [5.74, 6) is 0.353. The fourth-order valence-electron chi connectivity index (χ4n) is 2.68. The first kappa shape index (κ1) is 17.4. The Bertz CT molecular complexity index is 772. The zero-order valence-corrected chi connectivity index (χ0v) is 14.2. The molecule has 0 aliphatic heterocycles. The first-order chi connectivity index (χ1) is 12.0. The zero-order valence-electron chi connectivity index (χ0n) is 14.2. The highest BCUT2D eigenvalue weighted by atomic mass is 19.1. The van der Waals surface area contributed by atoms with Gasteiger partial charge in [0.05, 0.1) is 5.56 Å². The van der Waals surface area contributed by atoms with Crippen molar-refractivity contribution in [2.45, 2.75) is 32.7 Å². The van der Waals surface area contributed by atoms with Crippen molar-refractivity contribution in [2.75, 3.05) is 6.54 Å². The molecule has 0 unspecified atom stereocenters. The summed E-state index contributed by atoms with van der Waals surface area (Å²) in [6, 6.07) is 9.13. The lowest BCUT2D eigenvalue weighted by Crippen LogP contribution is -2.15. The number of aromatic hydroxyl groups is 1. The standard InChI is InChI=1S/C20H22FNO3/c1-13(23)17-6-5-16(11-19(17)24)25-20-7-4-15(10-18(20)21)12-22-9-8-14-2-3-14/h4-7,10-11,14,22,24H,2-3,8-9,12H2,1H3. The number of ketones is 1. The van der Waals surface area contributed by atoms with E-state index in [1.807, 2.05) is 6.07 Å². The van der Waals surface area contributed by atoms with E-state index < -0.39 is 5.82 Å². The van der Waals surface area contributed by atoms with Gasteiger partial charge in [0.15, 0.2) is 17.3 Å². The number of nitrogens with one attached hydrogen (secondary N) is 1. The van der Waals surface area contributed by atoms with Gasteiger partial charge in [-0.15, -0.1) is 0 Å². The van der Waals surface area contributed by atoms with Crippen LogP contribution in [-0.4, -0.2) is 17.4 Å². The Kier molecular flexibility index (Phi) is 5.34. The predicted octanol–water partition coefficient (Wildman–Crippen LogP) is 4.42. The third-order valence-electron chi connectivity index (χ3n) is 4.33. The Balaban J connectivity index is 1.60. The van der Waals surface area contributed by atoms with Crippen LogP contribution < -0.4 is 10.1 Å². The second-order valence-corrected chi connectivity index (χ2v) is 6.51. The number of Topliss-reactive ketones (excluding diaryl/α,β-unsaturated/α-hetero) is 1. The molecule has 5 heteroatoms. The van der Waals surface area contributed by atoms with Crippen LogP contribution in [0, 0.1) is 11.7 Å². The van der Waals surface area contributed by atoms with Gasteiger partial charge in [-0.2, -0.15) is 0 Å². The van der Waals surface area contributed by atoms with Crippen molar-refractivity contribution in [3.05, 3.63) is 53.3 Å². The van der Waals surface area contributed by atoms with Gasteiger partial charge in [-0.1, -0.05) is 18.9 Å². The van der Waals surface area contributed by atoms with E-state index in [9.17, 15) is 14.3 Å². The normalized spacial score (nSPS) is 13.7. The first-order valence-electron chi connectivity index (χ1n) is 8.54. The van der Waals surface area contributed by atoms with Crippen LogP contribution in [0.5, 0.6) is 17.2 Å². The number of carbonyl (C=O) groups is 1. The van der Waals surface area contributed by atoms with Crippen molar-refractivity contribution in [1.82, 2.24) is 5.32 Å².